The molecule has 0 aromatic carbocycles. The SMILES string of the molecule is CN(C)C(=O)CNC1CC2CC1C1CCCC21. The largest absolute Gasteiger partial charge is 0.348 e. The Morgan fingerprint density at radius 1 is 1.18 bits per heavy atom. The Bertz CT molecular complexity index is 315. The van der Waals surface area contributed by atoms with Crippen molar-refractivity contribution in [3.8, 4) is 0 Å². The van der Waals surface area contributed by atoms with Crippen molar-refractivity contribution >= 4 is 5.91 Å². The van der Waals surface area contributed by atoms with Gasteiger partial charge in [0.15, 0.2) is 0 Å². The summed E-state index contributed by atoms with van der Waals surface area (Å²) in [5.74, 6) is 4.08. The second kappa shape index (κ2) is 4.27. The number of nitrogens with one attached hydrogen (secondary N) is 1. The van der Waals surface area contributed by atoms with Gasteiger partial charge in [-0.1, -0.05) is 6.42 Å². The van der Waals surface area contributed by atoms with E-state index < -0.39 is 0 Å². The third-order valence-electron chi connectivity index (χ3n) is 5.44. The van der Waals surface area contributed by atoms with E-state index in [9.17, 15) is 4.79 Å². The minimum Gasteiger partial charge on any atom is -0.348 e. The molecule has 2 bridgehead atoms. The third-order valence-corrected chi connectivity index (χ3v) is 5.44. The van der Waals surface area contributed by atoms with E-state index >= 15 is 0 Å². The molecule has 3 aliphatic carbocycles. The van der Waals surface area contributed by atoms with Crippen molar-refractivity contribution in [3.63, 3.8) is 0 Å². The molecule has 5 unspecified atom stereocenters. The standard InChI is InChI=1S/C14H24N2O/c1-16(2)14(17)8-15-13-7-9-6-12(13)11-5-3-4-10(9)11/h9-13,15H,3-8H2,1-2H3. The smallest absolute Gasteiger partial charge is 0.236 e. The third kappa shape index (κ3) is 1.88. The number of carbonyl (C=O) groups is 1. The number of amides is 1. The van der Waals surface area contributed by atoms with Crippen LogP contribution in [-0.2, 0) is 4.79 Å². The molecule has 3 fully saturated rings. The molecule has 3 rings (SSSR count). The minimum atomic E-state index is 0.204. The van der Waals surface area contributed by atoms with Gasteiger partial charge in [-0.3, -0.25) is 4.79 Å². The fraction of sp³-hybridized carbons (Fsp3) is 0.929. The van der Waals surface area contributed by atoms with Crippen molar-refractivity contribution in [2.45, 2.75) is 38.1 Å². The molecule has 3 saturated carbocycles. The first-order valence-corrected chi connectivity index (χ1v) is 7.10. The summed E-state index contributed by atoms with van der Waals surface area (Å²) in [6.45, 7) is 0.526. The Morgan fingerprint density at radius 3 is 2.71 bits per heavy atom. The zero-order chi connectivity index (χ0) is 12.0. The van der Waals surface area contributed by atoms with Gasteiger partial charge in [0.2, 0.25) is 5.91 Å². The lowest BCUT2D eigenvalue weighted by Gasteiger charge is -2.32. The number of rotatable bonds is 3. The molecule has 17 heavy (non-hydrogen) atoms. The van der Waals surface area contributed by atoms with Gasteiger partial charge < -0.3 is 10.2 Å². The topological polar surface area (TPSA) is 32.3 Å². The van der Waals surface area contributed by atoms with Gasteiger partial charge >= 0.3 is 0 Å². The van der Waals surface area contributed by atoms with Gasteiger partial charge in [0.25, 0.3) is 0 Å². The average Bonchev–Trinajstić information content (AvgIpc) is 2.96. The number of hydrogen-bond donors (Lipinski definition) is 1. The summed E-state index contributed by atoms with van der Waals surface area (Å²) in [6, 6.07) is 0.628. The van der Waals surface area contributed by atoms with E-state index in [-0.39, 0.29) is 5.91 Å². The molecule has 1 amide bonds. The van der Waals surface area contributed by atoms with Crippen LogP contribution < -0.4 is 5.32 Å². The van der Waals surface area contributed by atoms with Crippen molar-refractivity contribution in [2.75, 3.05) is 20.6 Å². The second-order valence-electron chi connectivity index (χ2n) is 6.43. The first-order valence-electron chi connectivity index (χ1n) is 7.10. The van der Waals surface area contributed by atoms with E-state index in [1.54, 1.807) is 4.90 Å². The van der Waals surface area contributed by atoms with Gasteiger partial charge in [-0.2, -0.15) is 0 Å². The lowest BCUT2D eigenvalue weighted by Crippen LogP contribution is -2.43. The summed E-state index contributed by atoms with van der Waals surface area (Å²) >= 11 is 0. The molecule has 0 radical (unpaired) electrons. The molecule has 96 valence electrons. The number of carbonyl (C=O) groups excluding carboxylic acids is 1. The minimum absolute atomic E-state index is 0.204. The van der Waals surface area contributed by atoms with Gasteiger partial charge in [0.05, 0.1) is 6.54 Å². The summed E-state index contributed by atoms with van der Waals surface area (Å²) in [4.78, 5) is 13.3. The van der Waals surface area contributed by atoms with Gasteiger partial charge in [-0.15, -0.1) is 0 Å². The molecule has 0 aromatic heterocycles. The molecule has 0 saturated heterocycles. The highest BCUT2D eigenvalue weighted by atomic mass is 16.2. The summed E-state index contributed by atoms with van der Waals surface area (Å²) < 4.78 is 0. The van der Waals surface area contributed by atoms with Gasteiger partial charge in [0.1, 0.15) is 0 Å². The molecule has 0 aromatic rings. The number of likely N-dealkylation sites (N-methyl/N-ethyl adjacent to an activating group) is 1. The van der Waals surface area contributed by atoms with Crippen LogP contribution >= 0.6 is 0 Å². The second-order valence-corrected chi connectivity index (χ2v) is 6.43. The molecule has 1 N–H and O–H groups in total. The predicted octanol–water partition coefficient (Wildman–Crippen LogP) is 1.49. The van der Waals surface area contributed by atoms with Crippen LogP contribution in [0.5, 0.6) is 0 Å². The number of hydrogen-bond acceptors (Lipinski definition) is 2. The van der Waals surface area contributed by atoms with E-state index in [1.165, 1.54) is 32.1 Å². The maximum absolute atomic E-state index is 11.6. The maximum Gasteiger partial charge on any atom is 0.236 e. The molecular formula is C14H24N2O. The van der Waals surface area contributed by atoms with Crippen molar-refractivity contribution in [3.05, 3.63) is 0 Å². The summed E-state index contributed by atoms with van der Waals surface area (Å²) in [7, 11) is 3.66. The molecule has 0 heterocycles. The fourth-order valence-corrected chi connectivity index (χ4v) is 4.68. The van der Waals surface area contributed by atoms with Gasteiger partial charge in [-0.25, -0.2) is 0 Å². The van der Waals surface area contributed by atoms with E-state index in [0.717, 1.165) is 23.7 Å². The monoisotopic (exact) mass is 236 g/mol. The van der Waals surface area contributed by atoms with Crippen LogP contribution in [0.25, 0.3) is 0 Å². The molecule has 5 atom stereocenters. The van der Waals surface area contributed by atoms with E-state index in [0.29, 0.717) is 12.6 Å². The lowest BCUT2D eigenvalue weighted by molar-refractivity contribution is -0.127. The predicted molar refractivity (Wildman–Crippen MR) is 67.5 cm³/mol. The summed E-state index contributed by atoms with van der Waals surface area (Å²) in [5, 5.41) is 3.52. The maximum atomic E-state index is 11.6. The Kier molecular flexibility index (Phi) is 2.89. The Morgan fingerprint density at radius 2 is 1.94 bits per heavy atom. The van der Waals surface area contributed by atoms with Crippen LogP contribution in [0.1, 0.15) is 32.1 Å². The fourth-order valence-electron chi connectivity index (χ4n) is 4.68. The van der Waals surface area contributed by atoms with Crippen molar-refractivity contribution in [2.24, 2.45) is 23.7 Å². The van der Waals surface area contributed by atoms with Crippen LogP contribution in [0, 0.1) is 23.7 Å². The molecule has 3 nitrogen and oxygen atoms in total. The van der Waals surface area contributed by atoms with E-state index in [2.05, 4.69) is 5.32 Å². The van der Waals surface area contributed by atoms with Crippen molar-refractivity contribution in [1.29, 1.82) is 0 Å². The van der Waals surface area contributed by atoms with Gasteiger partial charge in [-0.05, 0) is 49.4 Å². The normalized spacial score (nSPS) is 42.8. The summed E-state index contributed by atoms with van der Waals surface area (Å²) in [6.07, 6.45) is 7.14. The number of fused-ring (bicyclic) bond motifs is 5. The highest BCUT2D eigenvalue weighted by Gasteiger charge is 2.53. The Hall–Kier alpha value is -0.570. The van der Waals surface area contributed by atoms with Crippen LogP contribution in [0.3, 0.4) is 0 Å². The zero-order valence-electron chi connectivity index (χ0n) is 11.0. The first-order chi connectivity index (χ1) is 8.16. The average molecular weight is 236 g/mol. The first kappa shape index (κ1) is 11.5. The molecule has 0 spiro atoms. The van der Waals surface area contributed by atoms with Crippen molar-refractivity contribution in [1.82, 2.24) is 10.2 Å². The van der Waals surface area contributed by atoms with E-state index in [1.807, 2.05) is 14.1 Å². The summed E-state index contributed by atoms with van der Waals surface area (Å²) in [5.41, 5.74) is 0. The highest BCUT2D eigenvalue weighted by molar-refractivity contribution is 5.77. The highest BCUT2D eigenvalue weighted by Crippen LogP contribution is 2.58. The van der Waals surface area contributed by atoms with Crippen LogP contribution in [0.4, 0.5) is 0 Å². The zero-order valence-corrected chi connectivity index (χ0v) is 11.0. The Labute approximate surface area is 104 Å². The van der Waals surface area contributed by atoms with Crippen molar-refractivity contribution < 1.29 is 4.79 Å². The van der Waals surface area contributed by atoms with Crippen LogP contribution in [-0.4, -0.2) is 37.5 Å². The Balaban J connectivity index is 1.55. The molecule has 3 aliphatic rings. The molecular weight excluding hydrogens is 212 g/mol. The molecule has 3 heteroatoms. The van der Waals surface area contributed by atoms with Crippen LogP contribution in [0.15, 0.2) is 0 Å². The quantitative estimate of drug-likeness (QED) is 0.805. The number of nitrogens with zero attached hydrogens (tertiary/aromatic N) is 1. The van der Waals surface area contributed by atoms with E-state index in [4.69, 9.17) is 0 Å². The molecule has 0 aliphatic heterocycles. The lowest BCUT2D eigenvalue weighted by atomic mass is 9.79. The van der Waals surface area contributed by atoms with Gasteiger partial charge in [0, 0.05) is 20.1 Å². The van der Waals surface area contributed by atoms with Crippen LogP contribution in [0.2, 0.25) is 0 Å².